The lowest BCUT2D eigenvalue weighted by Crippen LogP contribution is -2.21. The van der Waals surface area contributed by atoms with Gasteiger partial charge in [-0.05, 0) is 46.8 Å². The van der Waals surface area contributed by atoms with Gasteiger partial charge in [-0.1, -0.05) is 33.1 Å². The van der Waals surface area contributed by atoms with Crippen LogP contribution < -0.4 is 5.73 Å². The maximum Gasteiger partial charge on any atom is 0.0704 e. The zero-order valence-corrected chi connectivity index (χ0v) is 12.8. The third kappa shape index (κ3) is 3.57. The highest BCUT2D eigenvalue weighted by Gasteiger charge is 2.20. The number of halogens is 1. The van der Waals surface area contributed by atoms with E-state index >= 15 is 0 Å². The number of thiophene rings is 1. The molecule has 92 valence electrons. The Hall–Kier alpha value is 0.140. The highest BCUT2D eigenvalue weighted by atomic mass is 79.9. The van der Waals surface area contributed by atoms with Gasteiger partial charge in [0.25, 0.3) is 0 Å². The van der Waals surface area contributed by atoms with E-state index in [1.54, 1.807) is 11.3 Å². The second kappa shape index (κ2) is 6.77. The molecule has 0 spiro atoms. The lowest BCUT2D eigenvalue weighted by atomic mass is 9.88. The Kier molecular flexibility index (Phi) is 6.01. The summed E-state index contributed by atoms with van der Waals surface area (Å²) in [7, 11) is 0. The Labute approximate surface area is 112 Å². The number of unbranched alkanes of at least 4 members (excludes halogenated alkanes) is 1. The van der Waals surface area contributed by atoms with E-state index < -0.39 is 0 Å². The van der Waals surface area contributed by atoms with Crippen molar-refractivity contribution in [2.45, 2.75) is 52.5 Å². The number of nitrogens with two attached hydrogens (primary N) is 1. The summed E-state index contributed by atoms with van der Waals surface area (Å²) in [4.78, 5) is 1.36. The Bertz CT molecular complexity index is 322. The first-order chi connectivity index (χ1) is 7.60. The van der Waals surface area contributed by atoms with E-state index in [2.05, 4.69) is 42.8 Å². The summed E-state index contributed by atoms with van der Waals surface area (Å²) in [5.41, 5.74) is 7.72. The molecule has 0 aliphatic heterocycles. The lowest BCUT2D eigenvalue weighted by Gasteiger charge is -2.22. The van der Waals surface area contributed by atoms with Crippen LogP contribution in [0, 0.1) is 12.8 Å². The molecule has 1 rings (SSSR count). The molecule has 2 N–H and O–H groups in total. The van der Waals surface area contributed by atoms with E-state index in [1.165, 1.54) is 39.9 Å². The van der Waals surface area contributed by atoms with E-state index in [-0.39, 0.29) is 6.04 Å². The molecule has 1 heterocycles. The highest BCUT2D eigenvalue weighted by molar-refractivity contribution is 9.11. The van der Waals surface area contributed by atoms with Gasteiger partial charge >= 0.3 is 0 Å². The van der Waals surface area contributed by atoms with Crippen molar-refractivity contribution in [3.05, 3.63) is 20.3 Å². The van der Waals surface area contributed by atoms with Crippen LogP contribution in [-0.4, -0.2) is 0 Å². The van der Waals surface area contributed by atoms with Crippen molar-refractivity contribution in [3.8, 4) is 0 Å². The standard InChI is InChI=1S/C13H22BrNS/c1-4-6-7-10(5-2)13(15)11-8-12(14)16-9(11)3/h8,10,13H,4-7,15H2,1-3H3. The van der Waals surface area contributed by atoms with Gasteiger partial charge in [-0.25, -0.2) is 0 Å². The molecule has 1 aromatic rings. The zero-order valence-electron chi connectivity index (χ0n) is 10.4. The monoisotopic (exact) mass is 303 g/mol. The molecule has 2 unspecified atom stereocenters. The molecule has 0 aromatic carbocycles. The molecule has 16 heavy (non-hydrogen) atoms. The van der Waals surface area contributed by atoms with Crippen LogP contribution >= 0.6 is 27.3 Å². The highest BCUT2D eigenvalue weighted by Crippen LogP contribution is 2.35. The maximum absolute atomic E-state index is 6.39. The molecule has 0 aliphatic carbocycles. The summed E-state index contributed by atoms with van der Waals surface area (Å²) in [6, 6.07) is 2.40. The molecule has 0 radical (unpaired) electrons. The van der Waals surface area contributed by atoms with Gasteiger partial charge < -0.3 is 5.73 Å². The van der Waals surface area contributed by atoms with Crippen molar-refractivity contribution >= 4 is 27.3 Å². The van der Waals surface area contributed by atoms with Gasteiger partial charge in [0.2, 0.25) is 0 Å². The quantitative estimate of drug-likeness (QED) is 0.783. The minimum Gasteiger partial charge on any atom is -0.324 e. The van der Waals surface area contributed by atoms with Crippen molar-refractivity contribution < 1.29 is 0 Å². The Morgan fingerprint density at radius 1 is 1.44 bits per heavy atom. The van der Waals surface area contributed by atoms with E-state index in [4.69, 9.17) is 5.73 Å². The third-order valence-electron chi connectivity index (χ3n) is 3.25. The molecule has 3 heteroatoms. The molecule has 0 bridgehead atoms. The summed E-state index contributed by atoms with van der Waals surface area (Å²) in [6.07, 6.45) is 4.97. The average Bonchev–Trinajstić information content (AvgIpc) is 2.58. The first-order valence-electron chi connectivity index (χ1n) is 6.11. The summed E-state index contributed by atoms with van der Waals surface area (Å²) in [5.74, 6) is 0.625. The SMILES string of the molecule is CCCCC(CC)C(N)c1cc(Br)sc1C. The molecular weight excluding hydrogens is 282 g/mol. The summed E-state index contributed by atoms with van der Waals surface area (Å²) < 4.78 is 1.20. The summed E-state index contributed by atoms with van der Waals surface area (Å²) >= 11 is 5.32. The predicted octanol–water partition coefficient (Wildman–Crippen LogP) is 5.04. The fourth-order valence-corrected chi connectivity index (χ4v) is 3.91. The molecule has 1 aromatic heterocycles. The van der Waals surface area contributed by atoms with Crippen molar-refractivity contribution in [2.75, 3.05) is 0 Å². The van der Waals surface area contributed by atoms with Gasteiger partial charge in [0.15, 0.2) is 0 Å². The summed E-state index contributed by atoms with van der Waals surface area (Å²) in [5, 5.41) is 0. The molecule has 0 saturated carbocycles. The zero-order chi connectivity index (χ0) is 12.1. The molecule has 2 atom stereocenters. The van der Waals surface area contributed by atoms with Crippen LogP contribution in [0.25, 0.3) is 0 Å². The normalized spacial score (nSPS) is 15.1. The van der Waals surface area contributed by atoms with E-state index in [0.717, 1.165) is 0 Å². The summed E-state index contributed by atoms with van der Waals surface area (Å²) in [6.45, 7) is 6.65. The van der Waals surface area contributed by atoms with Crippen molar-refractivity contribution in [3.63, 3.8) is 0 Å². The molecule has 1 nitrogen and oxygen atoms in total. The lowest BCUT2D eigenvalue weighted by molar-refractivity contribution is 0.378. The number of hydrogen-bond donors (Lipinski definition) is 1. The fraction of sp³-hybridized carbons (Fsp3) is 0.692. The van der Waals surface area contributed by atoms with Crippen LogP contribution in [0.1, 0.15) is 56.0 Å². The fourth-order valence-electron chi connectivity index (χ4n) is 2.15. The van der Waals surface area contributed by atoms with Crippen LogP contribution in [0.15, 0.2) is 9.85 Å². The maximum atomic E-state index is 6.39. The van der Waals surface area contributed by atoms with Gasteiger partial charge in [0.05, 0.1) is 3.79 Å². The van der Waals surface area contributed by atoms with Crippen LogP contribution in [0.2, 0.25) is 0 Å². The minimum atomic E-state index is 0.207. The topological polar surface area (TPSA) is 26.0 Å². The van der Waals surface area contributed by atoms with Crippen LogP contribution in [-0.2, 0) is 0 Å². The van der Waals surface area contributed by atoms with E-state index in [1.807, 2.05) is 0 Å². The van der Waals surface area contributed by atoms with Gasteiger partial charge in [-0.15, -0.1) is 11.3 Å². The minimum absolute atomic E-state index is 0.207. The first-order valence-corrected chi connectivity index (χ1v) is 7.72. The molecule has 0 amide bonds. The third-order valence-corrected chi connectivity index (χ3v) is 4.82. The molecule has 0 aliphatic rings. The Morgan fingerprint density at radius 3 is 2.56 bits per heavy atom. The largest absolute Gasteiger partial charge is 0.324 e. The second-order valence-electron chi connectivity index (χ2n) is 4.40. The Balaban J connectivity index is 2.74. The number of aryl methyl sites for hydroxylation is 1. The van der Waals surface area contributed by atoms with Crippen LogP contribution in [0.3, 0.4) is 0 Å². The van der Waals surface area contributed by atoms with Crippen LogP contribution in [0.5, 0.6) is 0 Å². The van der Waals surface area contributed by atoms with Crippen molar-refractivity contribution in [2.24, 2.45) is 11.7 Å². The number of hydrogen-bond acceptors (Lipinski definition) is 2. The number of rotatable bonds is 6. The smallest absolute Gasteiger partial charge is 0.0704 e. The van der Waals surface area contributed by atoms with Gasteiger partial charge in [-0.2, -0.15) is 0 Å². The Morgan fingerprint density at radius 2 is 2.12 bits per heavy atom. The molecule has 0 saturated heterocycles. The van der Waals surface area contributed by atoms with Gasteiger partial charge in [0, 0.05) is 10.9 Å². The first kappa shape index (κ1) is 14.2. The van der Waals surface area contributed by atoms with E-state index in [0.29, 0.717) is 5.92 Å². The van der Waals surface area contributed by atoms with Crippen molar-refractivity contribution in [1.29, 1.82) is 0 Å². The average molecular weight is 304 g/mol. The molecule has 0 fully saturated rings. The molecular formula is C13H22BrNS. The second-order valence-corrected chi connectivity index (χ2v) is 7.03. The van der Waals surface area contributed by atoms with E-state index in [9.17, 15) is 0 Å². The van der Waals surface area contributed by atoms with Gasteiger partial charge in [0.1, 0.15) is 0 Å². The van der Waals surface area contributed by atoms with Gasteiger partial charge in [-0.3, -0.25) is 0 Å². The van der Waals surface area contributed by atoms with Crippen molar-refractivity contribution in [1.82, 2.24) is 0 Å². The van der Waals surface area contributed by atoms with Crippen LogP contribution in [0.4, 0.5) is 0 Å². The predicted molar refractivity (Wildman–Crippen MR) is 77.0 cm³/mol.